The van der Waals surface area contributed by atoms with Crippen molar-refractivity contribution in [3.05, 3.63) is 44.8 Å². The third-order valence-corrected chi connectivity index (χ3v) is 9.59. The Morgan fingerprint density at radius 3 is 2.60 bits per heavy atom. The number of hydrogen-bond donors (Lipinski definition) is 1. The summed E-state index contributed by atoms with van der Waals surface area (Å²) in [4.78, 5) is 58.9. The lowest BCUT2D eigenvalue weighted by atomic mass is 9.75. The largest absolute Gasteiger partial charge is 0.465 e. The van der Waals surface area contributed by atoms with Crippen LogP contribution in [0.2, 0.25) is 0 Å². The summed E-state index contributed by atoms with van der Waals surface area (Å²) in [5.41, 5.74) is 3.18. The molecule has 1 spiro atoms. The number of methoxy groups -OCH3 is 1. The maximum atomic E-state index is 14.3. The number of amides is 3. The first kappa shape index (κ1) is 22.4. The first-order chi connectivity index (χ1) is 16.6. The molecule has 182 valence electrons. The van der Waals surface area contributed by atoms with E-state index in [9.17, 15) is 19.2 Å². The number of imide groups is 1. The lowest BCUT2D eigenvalue weighted by Crippen LogP contribution is -2.54. The second kappa shape index (κ2) is 7.24. The van der Waals surface area contributed by atoms with E-state index in [4.69, 9.17) is 4.74 Å². The normalized spacial score (nSPS) is 29.1. The van der Waals surface area contributed by atoms with Crippen LogP contribution in [-0.4, -0.2) is 48.3 Å². The van der Waals surface area contributed by atoms with Gasteiger partial charge in [-0.05, 0) is 58.2 Å². The molecule has 0 unspecified atom stereocenters. The Kier molecular flexibility index (Phi) is 4.64. The van der Waals surface area contributed by atoms with E-state index < -0.39 is 29.3 Å². The molecule has 4 aliphatic rings. The summed E-state index contributed by atoms with van der Waals surface area (Å²) in [5.74, 6) is -3.05. The SMILES string of the molecule is COC(=O)c1c(N2C(=O)[C@@H]3[C@@H]4CCCN4[C@@]4(C(=O)Nc5c(C)cc(C)cc54)[C@H]3C2=O)sc(C)c1C. The minimum atomic E-state index is -1.23. The number of aryl methyl sites for hydroxylation is 3. The quantitative estimate of drug-likeness (QED) is 0.510. The highest BCUT2D eigenvalue weighted by Crippen LogP contribution is 2.61. The van der Waals surface area contributed by atoms with Crippen molar-refractivity contribution in [2.24, 2.45) is 11.8 Å². The number of thiophene rings is 1. The Morgan fingerprint density at radius 1 is 1.14 bits per heavy atom. The molecular formula is C26H27N3O5S. The zero-order chi connectivity index (χ0) is 25.0. The van der Waals surface area contributed by atoms with Gasteiger partial charge in [-0.15, -0.1) is 11.3 Å². The molecule has 0 bridgehead atoms. The zero-order valence-corrected chi connectivity index (χ0v) is 21.2. The lowest BCUT2D eigenvalue weighted by molar-refractivity contribution is -0.135. The topological polar surface area (TPSA) is 96.0 Å². The van der Waals surface area contributed by atoms with Crippen LogP contribution < -0.4 is 10.2 Å². The van der Waals surface area contributed by atoms with Gasteiger partial charge in [-0.1, -0.05) is 17.7 Å². The van der Waals surface area contributed by atoms with Gasteiger partial charge < -0.3 is 10.1 Å². The summed E-state index contributed by atoms with van der Waals surface area (Å²) in [7, 11) is 1.29. The van der Waals surface area contributed by atoms with Crippen molar-refractivity contribution in [3.63, 3.8) is 0 Å². The first-order valence-electron chi connectivity index (χ1n) is 11.9. The Hall–Kier alpha value is -3.04. The van der Waals surface area contributed by atoms with E-state index >= 15 is 0 Å². The van der Waals surface area contributed by atoms with Gasteiger partial charge in [-0.3, -0.25) is 19.3 Å². The fourth-order valence-corrected chi connectivity index (χ4v) is 8.12. The molecule has 1 N–H and O–H groups in total. The van der Waals surface area contributed by atoms with Gasteiger partial charge in [0.05, 0.1) is 24.5 Å². The third-order valence-electron chi connectivity index (χ3n) is 8.40. The minimum absolute atomic E-state index is 0.206. The van der Waals surface area contributed by atoms with Crippen molar-refractivity contribution in [1.29, 1.82) is 0 Å². The molecule has 0 radical (unpaired) electrons. The van der Waals surface area contributed by atoms with E-state index in [1.807, 2.05) is 32.9 Å². The van der Waals surface area contributed by atoms with Crippen LogP contribution in [0.15, 0.2) is 12.1 Å². The highest BCUT2D eigenvalue weighted by molar-refractivity contribution is 7.17. The van der Waals surface area contributed by atoms with Gasteiger partial charge in [0, 0.05) is 22.2 Å². The van der Waals surface area contributed by atoms with Crippen LogP contribution in [0, 0.1) is 39.5 Å². The van der Waals surface area contributed by atoms with Crippen molar-refractivity contribution < 1.29 is 23.9 Å². The molecular weight excluding hydrogens is 466 g/mol. The van der Waals surface area contributed by atoms with Gasteiger partial charge in [-0.25, -0.2) is 9.69 Å². The number of nitrogens with zero attached hydrogens (tertiary/aromatic N) is 2. The number of ether oxygens (including phenoxy) is 1. The molecule has 1 aromatic carbocycles. The second-order valence-electron chi connectivity index (χ2n) is 10.1. The average molecular weight is 494 g/mol. The number of hydrogen-bond acceptors (Lipinski definition) is 7. The van der Waals surface area contributed by atoms with E-state index in [1.165, 1.54) is 23.3 Å². The summed E-state index contributed by atoms with van der Waals surface area (Å²) in [6, 6.07) is 3.79. The van der Waals surface area contributed by atoms with E-state index in [2.05, 4.69) is 10.2 Å². The third kappa shape index (κ3) is 2.55. The van der Waals surface area contributed by atoms with Gasteiger partial charge in [0.15, 0.2) is 0 Å². The number of fused-ring (bicyclic) bond motifs is 7. The fourth-order valence-electron chi connectivity index (χ4n) is 6.97. The molecule has 5 heterocycles. The van der Waals surface area contributed by atoms with Gasteiger partial charge in [0.1, 0.15) is 10.5 Å². The summed E-state index contributed by atoms with van der Waals surface area (Å²) < 4.78 is 4.99. The second-order valence-corrected chi connectivity index (χ2v) is 11.3. The number of anilines is 2. The van der Waals surface area contributed by atoms with Crippen LogP contribution in [-0.2, 0) is 24.7 Å². The molecule has 1 aromatic heterocycles. The predicted octanol–water partition coefficient (Wildman–Crippen LogP) is 3.20. The van der Waals surface area contributed by atoms with Crippen LogP contribution in [0.5, 0.6) is 0 Å². The maximum absolute atomic E-state index is 14.3. The number of carbonyl (C=O) groups is 4. The number of benzene rings is 1. The Labute approximate surface area is 207 Å². The van der Waals surface area contributed by atoms with E-state index in [0.29, 0.717) is 17.1 Å². The summed E-state index contributed by atoms with van der Waals surface area (Å²) in [6.45, 7) is 8.23. The molecule has 35 heavy (non-hydrogen) atoms. The van der Waals surface area contributed by atoms with Crippen LogP contribution in [0.25, 0.3) is 0 Å². The number of nitrogens with one attached hydrogen (secondary N) is 1. The van der Waals surface area contributed by atoms with Crippen LogP contribution >= 0.6 is 11.3 Å². The average Bonchev–Trinajstić information content (AvgIpc) is 3.56. The highest BCUT2D eigenvalue weighted by atomic mass is 32.1. The van der Waals surface area contributed by atoms with Crippen LogP contribution in [0.4, 0.5) is 10.7 Å². The monoisotopic (exact) mass is 493 g/mol. The molecule has 2 aromatic rings. The molecule has 4 aliphatic heterocycles. The van der Waals surface area contributed by atoms with Crippen molar-refractivity contribution in [2.75, 3.05) is 23.9 Å². The molecule has 0 aliphatic carbocycles. The summed E-state index contributed by atoms with van der Waals surface area (Å²) in [5, 5.41) is 3.36. The Morgan fingerprint density at radius 2 is 1.89 bits per heavy atom. The molecule has 3 saturated heterocycles. The van der Waals surface area contributed by atoms with Crippen LogP contribution in [0.1, 0.15) is 50.3 Å². The van der Waals surface area contributed by atoms with Gasteiger partial charge in [0.2, 0.25) is 17.7 Å². The molecule has 6 rings (SSSR count). The van der Waals surface area contributed by atoms with Crippen LogP contribution in [0.3, 0.4) is 0 Å². The number of carbonyl (C=O) groups excluding carboxylic acids is 4. The number of esters is 1. The lowest BCUT2D eigenvalue weighted by Gasteiger charge is -2.36. The number of rotatable bonds is 2. The first-order valence-corrected chi connectivity index (χ1v) is 12.7. The predicted molar refractivity (Wildman–Crippen MR) is 131 cm³/mol. The van der Waals surface area contributed by atoms with Crippen molar-refractivity contribution in [2.45, 2.75) is 52.1 Å². The molecule has 8 nitrogen and oxygen atoms in total. The van der Waals surface area contributed by atoms with E-state index in [1.54, 1.807) is 6.92 Å². The molecule has 9 heteroatoms. The van der Waals surface area contributed by atoms with Gasteiger partial charge >= 0.3 is 5.97 Å². The Balaban J connectivity index is 1.57. The minimum Gasteiger partial charge on any atom is -0.465 e. The molecule has 3 fully saturated rings. The van der Waals surface area contributed by atoms with Crippen molar-refractivity contribution in [3.8, 4) is 0 Å². The van der Waals surface area contributed by atoms with Gasteiger partial charge in [0.25, 0.3) is 0 Å². The van der Waals surface area contributed by atoms with E-state index in [-0.39, 0.29) is 23.4 Å². The zero-order valence-electron chi connectivity index (χ0n) is 20.4. The smallest absolute Gasteiger partial charge is 0.341 e. The molecule has 4 atom stereocenters. The highest BCUT2D eigenvalue weighted by Gasteiger charge is 2.75. The summed E-state index contributed by atoms with van der Waals surface area (Å²) >= 11 is 1.24. The Bertz CT molecular complexity index is 1360. The summed E-state index contributed by atoms with van der Waals surface area (Å²) in [6.07, 6.45) is 1.60. The van der Waals surface area contributed by atoms with E-state index in [0.717, 1.165) is 40.1 Å². The molecule has 3 amide bonds. The van der Waals surface area contributed by atoms with Gasteiger partial charge in [-0.2, -0.15) is 0 Å². The maximum Gasteiger partial charge on any atom is 0.341 e. The standard InChI is InChI=1S/C26H27N3O5S/c1-11-9-12(2)20-15(10-11)26(25(33)27-20)19-18(16-7-6-8-28(16)26)21(30)29(22(19)31)23-17(24(32)34-5)13(3)14(4)35-23/h9-10,16,18-19H,6-8H2,1-5H3,(H,27,33)/t16-,18+,19+,26+/m0/s1. The van der Waals surface area contributed by atoms with Crippen molar-refractivity contribution >= 4 is 45.7 Å². The fraction of sp³-hybridized carbons (Fsp3) is 0.462. The van der Waals surface area contributed by atoms with Crippen molar-refractivity contribution in [1.82, 2.24) is 4.90 Å². The molecule has 0 saturated carbocycles.